The summed E-state index contributed by atoms with van der Waals surface area (Å²) < 4.78 is 5.95. The largest absolute Gasteiger partial charge is 0.457 e. The van der Waals surface area contributed by atoms with E-state index in [4.69, 9.17) is 4.74 Å². The second-order valence-corrected chi connectivity index (χ2v) is 10.3. The standard InChI is InChI=1S/C30H42N2O2.ClH/c1-2-3-12-27-21-26(30(33)31-22-24-10-6-4-7-11-24)19-20-32(27)23-25-15-17-29(18-16-25)34-28-13-8-5-9-14-28;/h5,8-9,13-18,24,26-27H,2-4,6-7,10-12,19-23H2,1H3,(H,31,33);1H. The smallest absolute Gasteiger partial charge is 0.223 e. The van der Waals surface area contributed by atoms with Gasteiger partial charge in [0.1, 0.15) is 11.5 Å². The molecule has 0 bridgehead atoms. The predicted molar refractivity (Wildman–Crippen MR) is 146 cm³/mol. The van der Waals surface area contributed by atoms with Crippen molar-refractivity contribution in [2.45, 2.75) is 83.7 Å². The third-order valence-corrected chi connectivity index (χ3v) is 7.68. The summed E-state index contributed by atoms with van der Waals surface area (Å²) >= 11 is 0. The molecule has 192 valence electrons. The van der Waals surface area contributed by atoms with Gasteiger partial charge in [-0.05, 0) is 74.4 Å². The number of nitrogens with one attached hydrogen (secondary N) is 1. The van der Waals surface area contributed by atoms with Gasteiger partial charge >= 0.3 is 0 Å². The molecule has 1 saturated carbocycles. The third kappa shape index (κ3) is 8.54. The molecular formula is C30H43ClN2O2. The molecule has 1 saturated heterocycles. The van der Waals surface area contributed by atoms with E-state index in [-0.39, 0.29) is 18.3 Å². The molecule has 2 aromatic rings. The van der Waals surface area contributed by atoms with Gasteiger partial charge in [0.15, 0.2) is 0 Å². The number of carbonyl (C=O) groups is 1. The Morgan fingerprint density at radius 3 is 2.40 bits per heavy atom. The lowest BCUT2D eigenvalue weighted by Crippen LogP contribution is -2.46. The van der Waals surface area contributed by atoms with Crippen molar-refractivity contribution < 1.29 is 9.53 Å². The Morgan fingerprint density at radius 2 is 1.69 bits per heavy atom. The lowest BCUT2D eigenvalue weighted by atomic mass is 9.86. The molecule has 2 aromatic carbocycles. The first kappa shape index (κ1) is 27.5. The predicted octanol–water partition coefficient (Wildman–Crippen LogP) is 7.37. The molecule has 1 aliphatic carbocycles. The molecule has 1 N–H and O–H groups in total. The van der Waals surface area contributed by atoms with E-state index in [0.717, 1.165) is 44.0 Å². The Balaban J connectivity index is 0.00000342. The van der Waals surface area contributed by atoms with Crippen molar-refractivity contribution in [3.8, 4) is 11.5 Å². The quantitative estimate of drug-likeness (QED) is 0.371. The van der Waals surface area contributed by atoms with Gasteiger partial charge in [-0.25, -0.2) is 0 Å². The number of para-hydroxylation sites is 1. The number of piperidine rings is 1. The summed E-state index contributed by atoms with van der Waals surface area (Å²) in [5.41, 5.74) is 1.31. The van der Waals surface area contributed by atoms with Crippen LogP contribution in [0.4, 0.5) is 0 Å². The highest BCUT2D eigenvalue weighted by Gasteiger charge is 2.32. The molecule has 2 atom stereocenters. The Morgan fingerprint density at radius 1 is 0.971 bits per heavy atom. The van der Waals surface area contributed by atoms with Crippen LogP contribution >= 0.6 is 12.4 Å². The highest BCUT2D eigenvalue weighted by atomic mass is 35.5. The number of likely N-dealkylation sites (tertiary alicyclic amines) is 1. The molecule has 2 unspecified atom stereocenters. The molecule has 1 amide bonds. The lowest BCUT2D eigenvalue weighted by Gasteiger charge is -2.39. The SMILES string of the molecule is CCCCC1CC(C(=O)NCC2CCCCC2)CCN1Cc1ccc(Oc2ccccc2)cc1.Cl. The lowest BCUT2D eigenvalue weighted by molar-refractivity contribution is -0.127. The van der Waals surface area contributed by atoms with E-state index in [9.17, 15) is 4.79 Å². The van der Waals surface area contributed by atoms with Crippen molar-refractivity contribution in [3.05, 3.63) is 60.2 Å². The Labute approximate surface area is 218 Å². The van der Waals surface area contributed by atoms with Crippen LogP contribution in [0.15, 0.2) is 54.6 Å². The first-order valence-corrected chi connectivity index (χ1v) is 13.5. The molecule has 0 radical (unpaired) electrons. The maximum absolute atomic E-state index is 13.0. The van der Waals surface area contributed by atoms with Crippen molar-refractivity contribution in [1.82, 2.24) is 10.2 Å². The summed E-state index contributed by atoms with van der Waals surface area (Å²) in [5.74, 6) is 2.89. The average Bonchev–Trinajstić information content (AvgIpc) is 2.89. The van der Waals surface area contributed by atoms with Gasteiger partial charge in [0.05, 0.1) is 0 Å². The zero-order valence-electron chi connectivity index (χ0n) is 21.3. The number of hydrogen-bond donors (Lipinski definition) is 1. The highest BCUT2D eigenvalue weighted by molar-refractivity contribution is 5.85. The molecule has 0 spiro atoms. The summed E-state index contributed by atoms with van der Waals surface area (Å²) in [4.78, 5) is 15.6. The zero-order valence-corrected chi connectivity index (χ0v) is 22.1. The van der Waals surface area contributed by atoms with Gasteiger partial charge in [0.25, 0.3) is 0 Å². The number of carbonyl (C=O) groups excluding carboxylic acids is 1. The monoisotopic (exact) mass is 498 g/mol. The molecule has 2 fully saturated rings. The minimum absolute atomic E-state index is 0. The van der Waals surface area contributed by atoms with Crippen molar-refractivity contribution in [2.24, 2.45) is 11.8 Å². The second-order valence-electron chi connectivity index (χ2n) is 10.3. The van der Waals surface area contributed by atoms with Crippen LogP contribution in [0.5, 0.6) is 11.5 Å². The van der Waals surface area contributed by atoms with Gasteiger partial charge in [-0.2, -0.15) is 0 Å². The summed E-state index contributed by atoms with van der Waals surface area (Å²) in [6.07, 6.45) is 12.2. The van der Waals surface area contributed by atoms with Gasteiger partial charge in [-0.15, -0.1) is 12.4 Å². The molecule has 4 nitrogen and oxygen atoms in total. The Bertz CT molecular complexity index is 868. The zero-order chi connectivity index (χ0) is 23.6. The highest BCUT2D eigenvalue weighted by Crippen LogP contribution is 2.29. The molecule has 1 heterocycles. The van der Waals surface area contributed by atoms with E-state index in [0.29, 0.717) is 17.9 Å². The van der Waals surface area contributed by atoms with Crippen molar-refractivity contribution in [2.75, 3.05) is 13.1 Å². The van der Waals surface area contributed by atoms with Crippen LogP contribution in [-0.4, -0.2) is 29.9 Å². The first-order chi connectivity index (χ1) is 16.7. The molecule has 0 aromatic heterocycles. The number of ether oxygens (including phenoxy) is 1. The average molecular weight is 499 g/mol. The molecule has 1 aliphatic heterocycles. The number of halogens is 1. The number of unbranched alkanes of at least 4 members (excludes halogenated alkanes) is 1. The van der Waals surface area contributed by atoms with Crippen LogP contribution in [0.3, 0.4) is 0 Å². The number of nitrogens with zero attached hydrogens (tertiary/aromatic N) is 1. The fourth-order valence-corrected chi connectivity index (χ4v) is 5.59. The summed E-state index contributed by atoms with van der Waals surface area (Å²) in [7, 11) is 0. The molecule has 35 heavy (non-hydrogen) atoms. The van der Waals surface area contributed by atoms with E-state index in [2.05, 4.69) is 41.4 Å². The normalized spacial score (nSPS) is 21.2. The van der Waals surface area contributed by atoms with Crippen LogP contribution in [0.2, 0.25) is 0 Å². The Hall–Kier alpha value is -2.04. The van der Waals surface area contributed by atoms with E-state index in [1.54, 1.807) is 0 Å². The number of hydrogen-bond acceptors (Lipinski definition) is 3. The molecule has 5 heteroatoms. The van der Waals surface area contributed by atoms with Crippen LogP contribution in [0, 0.1) is 11.8 Å². The summed E-state index contributed by atoms with van der Waals surface area (Å²) in [6, 6.07) is 18.9. The van der Waals surface area contributed by atoms with Gasteiger partial charge < -0.3 is 10.1 Å². The van der Waals surface area contributed by atoms with Gasteiger partial charge in [0, 0.05) is 25.0 Å². The number of rotatable bonds is 10. The maximum atomic E-state index is 13.0. The minimum Gasteiger partial charge on any atom is -0.457 e. The van der Waals surface area contributed by atoms with Crippen molar-refractivity contribution >= 4 is 18.3 Å². The molecule has 2 aliphatic rings. The van der Waals surface area contributed by atoms with Crippen LogP contribution in [0.25, 0.3) is 0 Å². The third-order valence-electron chi connectivity index (χ3n) is 7.68. The molecular weight excluding hydrogens is 456 g/mol. The Kier molecular flexibility index (Phi) is 11.4. The van der Waals surface area contributed by atoms with Crippen LogP contribution < -0.4 is 10.1 Å². The van der Waals surface area contributed by atoms with Gasteiger partial charge in [0.2, 0.25) is 5.91 Å². The fraction of sp³-hybridized carbons (Fsp3) is 0.567. The van der Waals surface area contributed by atoms with E-state index in [1.807, 2.05) is 30.3 Å². The van der Waals surface area contributed by atoms with E-state index in [1.165, 1.54) is 56.9 Å². The van der Waals surface area contributed by atoms with E-state index < -0.39 is 0 Å². The topological polar surface area (TPSA) is 41.6 Å². The first-order valence-electron chi connectivity index (χ1n) is 13.5. The summed E-state index contributed by atoms with van der Waals surface area (Å²) in [5, 5.41) is 3.32. The minimum atomic E-state index is 0. The fourth-order valence-electron chi connectivity index (χ4n) is 5.59. The second kappa shape index (κ2) is 14.5. The van der Waals surface area contributed by atoms with Crippen molar-refractivity contribution in [1.29, 1.82) is 0 Å². The summed E-state index contributed by atoms with van der Waals surface area (Å²) in [6.45, 7) is 5.08. The van der Waals surface area contributed by atoms with Crippen LogP contribution in [-0.2, 0) is 11.3 Å². The van der Waals surface area contributed by atoms with E-state index >= 15 is 0 Å². The van der Waals surface area contributed by atoms with Crippen LogP contribution in [0.1, 0.15) is 76.7 Å². The number of amides is 1. The number of benzene rings is 2. The van der Waals surface area contributed by atoms with Gasteiger partial charge in [-0.1, -0.05) is 69.4 Å². The maximum Gasteiger partial charge on any atom is 0.223 e. The van der Waals surface area contributed by atoms with Gasteiger partial charge in [-0.3, -0.25) is 9.69 Å². The van der Waals surface area contributed by atoms with Crippen molar-refractivity contribution in [3.63, 3.8) is 0 Å². The molecule has 4 rings (SSSR count).